The summed E-state index contributed by atoms with van der Waals surface area (Å²) in [7, 11) is 1.38. The molecule has 0 amide bonds. The summed E-state index contributed by atoms with van der Waals surface area (Å²) in [5.41, 5.74) is 3.74. The Morgan fingerprint density at radius 3 is 2.68 bits per heavy atom. The van der Waals surface area contributed by atoms with Gasteiger partial charge >= 0.3 is 5.97 Å². The van der Waals surface area contributed by atoms with E-state index in [9.17, 15) is 9.59 Å². The van der Waals surface area contributed by atoms with Crippen molar-refractivity contribution in [2.45, 2.75) is 59.5 Å². The molecule has 0 bridgehead atoms. The highest BCUT2D eigenvalue weighted by Crippen LogP contribution is 2.48. The number of esters is 1. The number of carbonyl (C=O) groups excluding carboxylic acids is 2. The van der Waals surface area contributed by atoms with Crippen LogP contribution in [0.2, 0.25) is 5.02 Å². The molecule has 1 unspecified atom stereocenters. The van der Waals surface area contributed by atoms with Crippen molar-refractivity contribution in [3.63, 3.8) is 0 Å². The number of hydrogen-bond donors (Lipinski definition) is 1. The van der Waals surface area contributed by atoms with Gasteiger partial charge in [-0.25, -0.2) is 4.79 Å². The van der Waals surface area contributed by atoms with Crippen LogP contribution in [-0.4, -0.2) is 18.9 Å². The van der Waals surface area contributed by atoms with E-state index in [0.717, 1.165) is 39.6 Å². The van der Waals surface area contributed by atoms with Crippen LogP contribution in [0, 0.1) is 5.41 Å². The Hall–Kier alpha value is -2.57. The molecule has 1 aliphatic heterocycles. The maximum atomic E-state index is 13.4. The molecule has 4 rings (SSSR count). The molecule has 7 heteroatoms. The number of nitrogens with one attached hydrogen (secondary N) is 1. The molecule has 1 atom stereocenters. The molecule has 2 aromatic rings. The number of benzene rings is 1. The van der Waals surface area contributed by atoms with Gasteiger partial charge in [0.15, 0.2) is 5.78 Å². The van der Waals surface area contributed by atoms with Gasteiger partial charge in [0, 0.05) is 38.7 Å². The summed E-state index contributed by atoms with van der Waals surface area (Å²) in [4.78, 5) is 28.4. The van der Waals surface area contributed by atoms with Crippen molar-refractivity contribution in [3.8, 4) is 5.75 Å². The molecule has 2 heterocycles. The second-order valence-electron chi connectivity index (χ2n) is 9.59. The maximum Gasteiger partial charge on any atom is 0.336 e. The van der Waals surface area contributed by atoms with Gasteiger partial charge in [-0.15, -0.1) is 11.3 Å². The zero-order valence-corrected chi connectivity index (χ0v) is 21.8. The highest BCUT2D eigenvalue weighted by molar-refractivity contribution is 7.12. The molecule has 0 saturated heterocycles. The highest BCUT2D eigenvalue weighted by Gasteiger charge is 2.43. The van der Waals surface area contributed by atoms with Crippen LogP contribution >= 0.6 is 22.9 Å². The standard InChI is InChI=1S/C27H30ClNO4S/c1-6-21-16(14-33-20-10-8-7-9-17(20)28)11-22(34-21)25-23(26(31)32-5)15(2)29-18-12-27(3,4)13-19(30)24(18)25/h7-11,25,29H,6,12-14H2,1-5H3. The number of ether oxygens (including phenoxy) is 2. The fraction of sp³-hybridized carbons (Fsp3) is 0.407. The molecule has 1 aromatic carbocycles. The second-order valence-corrected chi connectivity index (χ2v) is 11.2. The molecule has 0 spiro atoms. The quantitative estimate of drug-likeness (QED) is 0.471. The van der Waals surface area contributed by atoms with E-state index in [0.29, 0.717) is 34.9 Å². The highest BCUT2D eigenvalue weighted by atomic mass is 35.5. The van der Waals surface area contributed by atoms with Crippen molar-refractivity contribution >= 4 is 34.7 Å². The average molecular weight is 500 g/mol. The third-order valence-electron chi connectivity index (χ3n) is 6.39. The minimum Gasteiger partial charge on any atom is -0.487 e. The van der Waals surface area contributed by atoms with E-state index in [4.69, 9.17) is 21.1 Å². The summed E-state index contributed by atoms with van der Waals surface area (Å²) >= 11 is 7.89. The number of para-hydroxylation sites is 1. The van der Waals surface area contributed by atoms with Crippen LogP contribution in [0.3, 0.4) is 0 Å². The van der Waals surface area contributed by atoms with Gasteiger partial charge < -0.3 is 14.8 Å². The third-order valence-corrected chi connectivity index (χ3v) is 8.08. The van der Waals surface area contributed by atoms with Crippen molar-refractivity contribution in [1.29, 1.82) is 0 Å². The van der Waals surface area contributed by atoms with Crippen molar-refractivity contribution in [3.05, 3.63) is 73.2 Å². The van der Waals surface area contributed by atoms with Crippen molar-refractivity contribution in [2.24, 2.45) is 5.41 Å². The zero-order chi connectivity index (χ0) is 24.6. The van der Waals surface area contributed by atoms with E-state index in [1.54, 1.807) is 17.4 Å². The number of Topliss-reactive ketones (excluding diaryl/α,β-unsaturated/α-hetero) is 1. The summed E-state index contributed by atoms with van der Waals surface area (Å²) in [6, 6.07) is 9.46. The van der Waals surface area contributed by atoms with E-state index < -0.39 is 11.9 Å². The normalized spacial score (nSPS) is 19.6. The van der Waals surface area contributed by atoms with Crippen molar-refractivity contribution in [1.82, 2.24) is 5.32 Å². The van der Waals surface area contributed by atoms with Crippen molar-refractivity contribution in [2.75, 3.05) is 7.11 Å². The van der Waals surface area contributed by atoms with Crippen LogP contribution in [0.5, 0.6) is 5.75 Å². The molecule has 0 fully saturated rings. The first kappa shape index (κ1) is 24.6. The van der Waals surface area contributed by atoms with Gasteiger partial charge in [0.25, 0.3) is 0 Å². The summed E-state index contributed by atoms with van der Waals surface area (Å²) < 4.78 is 11.2. The number of methoxy groups -OCH3 is 1. The van der Waals surface area contributed by atoms with Gasteiger partial charge in [-0.3, -0.25) is 4.79 Å². The lowest BCUT2D eigenvalue weighted by Crippen LogP contribution is -2.38. The van der Waals surface area contributed by atoms with Gasteiger partial charge in [-0.1, -0.05) is 44.5 Å². The van der Waals surface area contributed by atoms with Gasteiger partial charge in [0.1, 0.15) is 12.4 Å². The summed E-state index contributed by atoms with van der Waals surface area (Å²) in [5.74, 6) is -0.157. The Bertz CT molecular complexity index is 1210. The first-order valence-corrected chi connectivity index (χ1v) is 12.7. The van der Waals surface area contributed by atoms with E-state index in [1.807, 2.05) is 25.1 Å². The molecule has 180 valence electrons. The van der Waals surface area contributed by atoms with E-state index >= 15 is 0 Å². The number of dihydropyridines is 1. The third kappa shape index (κ3) is 4.66. The Balaban J connectivity index is 1.77. The SMILES string of the molecule is CCc1sc(C2C(C(=O)OC)=C(C)NC3=C2C(=O)CC(C)(C)C3)cc1COc1ccccc1Cl. The van der Waals surface area contributed by atoms with Crippen LogP contribution in [0.15, 0.2) is 52.9 Å². The molecule has 1 aromatic heterocycles. The number of thiophene rings is 1. The summed E-state index contributed by atoms with van der Waals surface area (Å²) in [6.07, 6.45) is 2.02. The van der Waals surface area contributed by atoms with E-state index in [-0.39, 0.29) is 11.2 Å². The predicted octanol–water partition coefficient (Wildman–Crippen LogP) is 6.32. The monoisotopic (exact) mass is 499 g/mol. The van der Waals surface area contributed by atoms with Crippen molar-refractivity contribution < 1.29 is 19.1 Å². The van der Waals surface area contributed by atoms with Crippen LogP contribution in [-0.2, 0) is 27.4 Å². The van der Waals surface area contributed by atoms with E-state index in [2.05, 4.69) is 32.2 Å². The Labute approximate surface area is 209 Å². The molecular formula is C27H30ClNO4S. The van der Waals surface area contributed by atoms with Crippen LogP contribution < -0.4 is 10.1 Å². The van der Waals surface area contributed by atoms with Crippen LogP contribution in [0.4, 0.5) is 0 Å². The van der Waals surface area contributed by atoms with Gasteiger partial charge in [-0.05, 0) is 43.4 Å². The zero-order valence-electron chi connectivity index (χ0n) is 20.2. The molecule has 0 radical (unpaired) electrons. The van der Waals surface area contributed by atoms with Gasteiger partial charge in [-0.2, -0.15) is 0 Å². The lowest BCUT2D eigenvalue weighted by atomic mass is 9.70. The average Bonchev–Trinajstić information content (AvgIpc) is 3.19. The van der Waals surface area contributed by atoms with Gasteiger partial charge in [0.05, 0.1) is 23.6 Å². The van der Waals surface area contributed by atoms with Gasteiger partial charge in [0.2, 0.25) is 0 Å². The first-order valence-electron chi connectivity index (χ1n) is 11.5. The Kier molecular flexibility index (Phi) is 6.92. The molecule has 5 nitrogen and oxygen atoms in total. The van der Waals surface area contributed by atoms with Crippen LogP contribution in [0.1, 0.15) is 61.8 Å². The number of carbonyl (C=O) groups is 2. The largest absolute Gasteiger partial charge is 0.487 e. The number of hydrogen-bond acceptors (Lipinski definition) is 6. The molecular weight excluding hydrogens is 470 g/mol. The number of halogens is 1. The first-order chi connectivity index (χ1) is 16.1. The lowest BCUT2D eigenvalue weighted by Gasteiger charge is -2.39. The minimum atomic E-state index is -0.448. The number of aryl methyl sites for hydroxylation is 1. The molecule has 34 heavy (non-hydrogen) atoms. The predicted molar refractivity (Wildman–Crippen MR) is 135 cm³/mol. The smallest absolute Gasteiger partial charge is 0.336 e. The fourth-order valence-electron chi connectivity index (χ4n) is 4.87. The Morgan fingerprint density at radius 1 is 1.26 bits per heavy atom. The fourth-order valence-corrected chi connectivity index (χ4v) is 6.29. The number of rotatable bonds is 6. The molecule has 2 aliphatic rings. The Morgan fingerprint density at radius 2 is 2.00 bits per heavy atom. The molecule has 0 saturated carbocycles. The number of allylic oxidation sites excluding steroid dienone is 3. The second kappa shape index (κ2) is 9.59. The topological polar surface area (TPSA) is 64.6 Å². The lowest BCUT2D eigenvalue weighted by molar-refractivity contribution is -0.136. The summed E-state index contributed by atoms with van der Waals surface area (Å²) in [5, 5.41) is 3.92. The van der Waals surface area contributed by atoms with E-state index in [1.165, 1.54) is 7.11 Å². The molecule has 1 aliphatic carbocycles. The maximum absolute atomic E-state index is 13.4. The minimum absolute atomic E-state index is 0.0815. The number of ketones is 1. The molecule has 1 N–H and O–H groups in total. The van der Waals surface area contributed by atoms with Crippen LogP contribution in [0.25, 0.3) is 0 Å². The summed E-state index contributed by atoms with van der Waals surface area (Å²) in [6.45, 7) is 8.54.